The standard InChI is InChI=1S/C8H13F3N2O2/c1-5-6(15-8(9,10)11)2-3-13(5)7(14)4-12/h5-6H,2-4,12H2,1H3/t5-,6?/m0/s1. The predicted octanol–water partition coefficient (Wildman–Crippen LogP) is 0.471. The van der Waals surface area contributed by atoms with Gasteiger partial charge >= 0.3 is 6.36 Å². The number of carbonyl (C=O) groups is 1. The van der Waals surface area contributed by atoms with Crippen molar-refractivity contribution < 1.29 is 22.7 Å². The van der Waals surface area contributed by atoms with E-state index in [2.05, 4.69) is 4.74 Å². The second-order valence-corrected chi connectivity index (χ2v) is 3.42. The lowest BCUT2D eigenvalue weighted by atomic mass is 10.2. The highest BCUT2D eigenvalue weighted by atomic mass is 19.4. The zero-order valence-electron chi connectivity index (χ0n) is 8.25. The van der Waals surface area contributed by atoms with Crippen molar-refractivity contribution >= 4 is 5.91 Å². The van der Waals surface area contributed by atoms with Crippen LogP contribution in [0.4, 0.5) is 13.2 Å². The van der Waals surface area contributed by atoms with Gasteiger partial charge in [0.05, 0.1) is 18.7 Å². The topological polar surface area (TPSA) is 55.6 Å². The first-order valence-electron chi connectivity index (χ1n) is 4.59. The maximum Gasteiger partial charge on any atom is 0.522 e. The van der Waals surface area contributed by atoms with Gasteiger partial charge in [-0.05, 0) is 13.3 Å². The maximum absolute atomic E-state index is 11.9. The molecule has 7 heteroatoms. The fourth-order valence-corrected chi connectivity index (χ4v) is 1.71. The number of nitrogens with zero attached hydrogens (tertiary/aromatic N) is 1. The number of carbonyl (C=O) groups excluding carboxylic acids is 1. The Balaban J connectivity index is 2.56. The minimum atomic E-state index is -4.65. The van der Waals surface area contributed by atoms with Gasteiger partial charge in [0.2, 0.25) is 5.91 Å². The summed E-state index contributed by atoms with van der Waals surface area (Å²) in [6, 6.07) is -0.581. The lowest BCUT2D eigenvalue weighted by Gasteiger charge is -2.24. The Morgan fingerprint density at radius 3 is 2.67 bits per heavy atom. The van der Waals surface area contributed by atoms with Crippen LogP contribution in [0.2, 0.25) is 0 Å². The lowest BCUT2D eigenvalue weighted by molar-refractivity contribution is -0.343. The van der Waals surface area contributed by atoms with Crippen LogP contribution in [0, 0.1) is 0 Å². The van der Waals surface area contributed by atoms with Crippen molar-refractivity contribution in [1.82, 2.24) is 4.90 Å². The van der Waals surface area contributed by atoms with Crippen molar-refractivity contribution in [3.8, 4) is 0 Å². The summed E-state index contributed by atoms with van der Waals surface area (Å²) in [6.07, 6.45) is -5.45. The van der Waals surface area contributed by atoms with Gasteiger partial charge in [0.1, 0.15) is 0 Å². The van der Waals surface area contributed by atoms with Crippen LogP contribution in [0.5, 0.6) is 0 Å². The highest BCUT2D eigenvalue weighted by Crippen LogP contribution is 2.27. The van der Waals surface area contributed by atoms with Crippen LogP contribution in [0.3, 0.4) is 0 Å². The van der Waals surface area contributed by atoms with E-state index in [0.717, 1.165) is 0 Å². The van der Waals surface area contributed by atoms with E-state index in [1.54, 1.807) is 0 Å². The summed E-state index contributed by atoms with van der Waals surface area (Å²) in [5.74, 6) is -0.351. The van der Waals surface area contributed by atoms with Crippen LogP contribution >= 0.6 is 0 Å². The normalized spacial score (nSPS) is 27.1. The molecule has 0 aliphatic carbocycles. The van der Waals surface area contributed by atoms with Gasteiger partial charge in [-0.1, -0.05) is 0 Å². The van der Waals surface area contributed by atoms with Gasteiger partial charge in [-0.15, -0.1) is 13.2 Å². The third kappa shape index (κ3) is 3.07. The molecule has 1 rings (SSSR count). The highest BCUT2D eigenvalue weighted by molar-refractivity contribution is 5.78. The van der Waals surface area contributed by atoms with Crippen molar-refractivity contribution in [2.24, 2.45) is 5.73 Å². The summed E-state index contributed by atoms with van der Waals surface area (Å²) in [4.78, 5) is 12.5. The van der Waals surface area contributed by atoms with E-state index in [-0.39, 0.29) is 25.4 Å². The quantitative estimate of drug-likeness (QED) is 0.744. The van der Waals surface area contributed by atoms with Gasteiger partial charge in [-0.3, -0.25) is 9.53 Å². The zero-order valence-corrected chi connectivity index (χ0v) is 8.25. The molecule has 1 saturated heterocycles. The van der Waals surface area contributed by atoms with Gasteiger partial charge in [0.15, 0.2) is 0 Å². The Labute approximate surface area is 85.2 Å². The summed E-state index contributed by atoms with van der Waals surface area (Å²) >= 11 is 0. The number of hydrogen-bond acceptors (Lipinski definition) is 3. The van der Waals surface area contributed by atoms with Crippen molar-refractivity contribution in [3.05, 3.63) is 0 Å². The number of rotatable bonds is 2. The number of likely N-dealkylation sites (tertiary alicyclic amines) is 1. The molecule has 1 unspecified atom stereocenters. The molecule has 2 atom stereocenters. The molecular weight excluding hydrogens is 213 g/mol. The minimum Gasteiger partial charge on any atom is -0.336 e. The van der Waals surface area contributed by atoms with Crippen molar-refractivity contribution in [3.63, 3.8) is 0 Å². The van der Waals surface area contributed by atoms with Crippen molar-refractivity contribution in [2.45, 2.75) is 31.9 Å². The summed E-state index contributed by atoms with van der Waals surface area (Å²) < 4.78 is 39.7. The maximum atomic E-state index is 11.9. The SMILES string of the molecule is C[C@H]1C(OC(F)(F)F)CCN1C(=O)CN. The van der Waals surface area contributed by atoms with Crippen LogP contribution in [-0.4, -0.2) is 42.4 Å². The van der Waals surface area contributed by atoms with E-state index in [0.29, 0.717) is 0 Å². The Morgan fingerprint density at radius 1 is 1.60 bits per heavy atom. The molecule has 15 heavy (non-hydrogen) atoms. The van der Waals surface area contributed by atoms with Crippen LogP contribution in [0.25, 0.3) is 0 Å². The number of alkyl halides is 3. The Bertz CT molecular complexity index is 245. The molecule has 1 aliphatic heterocycles. The first-order valence-corrected chi connectivity index (χ1v) is 4.59. The number of amides is 1. The molecular formula is C8H13F3N2O2. The monoisotopic (exact) mass is 226 g/mol. The predicted molar refractivity (Wildman–Crippen MR) is 45.8 cm³/mol. The van der Waals surface area contributed by atoms with Crippen LogP contribution < -0.4 is 5.73 Å². The van der Waals surface area contributed by atoms with Crippen molar-refractivity contribution in [1.29, 1.82) is 0 Å². The molecule has 0 spiro atoms. The smallest absolute Gasteiger partial charge is 0.336 e. The molecule has 0 aromatic heterocycles. The molecule has 0 saturated carbocycles. The van der Waals surface area contributed by atoms with E-state index < -0.39 is 18.5 Å². The average molecular weight is 226 g/mol. The Hall–Kier alpha value is -0.820. The Kier molecular flexibility index (Phi) is 3.56. The molecule has 1 fully saturated rings. The van der Waals surface area contributed by atoms with Crippen molar-refractivity contribution in [2.75, 3.05) is 13.1 Å². The molecule has 4 nitrogen and oxygen atoms in total. The van der Waals surface area contributed by atoms with E-state index in [1.807, 2.05) is 0 Å². The first-order chi connectivity index (χ1) is 6.85. The van der Waals surface area contributed by atoms with E-state index >= 15 is 0 Å². The highest BCUT2D eigenvalue weighted by Gasteiger charge is 2.41. The molecule has 0 aromatic carbocycles. The van der Waals surface area contributed by atoms with E-state index in [4.69, 9.17) is 5.73 Å². The lowest BCUT2D eigenvalue weighted by Crippen LogP contribution is -2.42. The zero-order chi connectivity index (χ0) is 11.6. The van der Waals surface area contributed by atoms with E-state index in [9.17, 15) is 18.0 Å². The van der Waals surface area contributed by atoms with Gasteiger partial charge in [0, 0.05) is 6.54 Å². The third-order valence-electron chi connectivity index (χ3n) is 2.46. The molecule has 1 heterocycles. The molecule has 1 aliphatic rings. The summed E-state index contributed by atoms with van der Waals surface area (Å²) in [5, 5.41) is 0. The summed E-state index contributed by atoms with van der Waals surface area (Å²) in [7, 11) is 0. The number of hydrogen-bond donors (Lipinski definition) is 1. The Morgan fingerprint density at radius 2 is 2.20 bits per heavy atom. The number of ether oxygens (including phenoxy) is 1. The summed E-state index contributed by atoms with van der Waals surface area (Å²) in [6.45, 7) is 1.60. The third-order valence-corrected chi connectivity index (χ3v) is 2.46. The second kappa shape index (κ2) is 4.36. The van der Waals surface area contributed by atoms with E-state index in [1.165, 1.54) is 11.8 Å². The second-order valence-electron chi connectivity index (χ2n) is 3.42. The number of halogens is 3. The molecule has 1 amide bonds. The fourth-order valence-electron chi connectivity index (χ4n) is 1.71. The van der Waals surface area contributed by atoms with Gasteiger partial charge < -0.3 is 10.6 Å². The van der Waals surface area contributed by atoms with Crippen LogP contribution in [0.1, 0.15) is 13.3 Å². The van der Waals surface area contributed by atoms with Gasteiger partial charge in [-0.2, -0.15) is 0 Å². The first kappa shape index (κ1) is 12.3. The molecule has 88 valence electrons. The summed E-state index contributed by atoms with van der Waals surface area (Å²) in [5.41, 5.74) is 5.13. The molecule has 0 aromatic rings. The fraction of sp³-hybridized carbons (Fsp3) is 0.875. The molecule has 0 radical (unpaired) electrons. The molecule has 2 N–H and O–H groups in total. The van der Waals surface area contributed by atoms with Crippen LogP contribution in [0.15, 0.2) is 0 Å². The molecule has 0 bridgehead atoms. The van der Waals surface area contributed by atoms with Gasteiger partial charge in [0.25, 0.3) is 0 Å². The van der Waals surface area contributed by atoms with Crippen LogP contribution in [-0.2, 0) is 9.53 Å². The number of nitrogens with two attached hydrogens (primary N) is 1. The largest absolute Gasteiger partial charge is 0.522 e. The van der Waals surface area contributed by atoms with Gasteiger partial charge in [-0.25, -0.2) is 0 Å². The average Bonchev–Trinajstić information content (AvgIpc) is 2.45. The minimum absolute atomic E-state index is 0.187.